The molecule has 0 aliphatic carbocycles. The van der Waals surface area contributed by atoms with Gasteiger partial charge in [0, 0.05) is 26.6 Å². The third kappa shape index (κ3) is 3.16. The molecule has 0 spiro atoms. The fourth-order valence-electron chi connectivity index (χ4n) is 2.71. The summed E-state index contributed by atoms with van der Waals surface area (Å²) >= 11 is 0. The Morgan fingerprint density at radius 2 is 2.00 bits per heavy atom. The monoisotopic (exact) mass is 310 g/mol. The van der Waals surface area contributed by atoms with E-state index in [1.54, 1.807) is 21.3 Å². The van der Waals surface area contributed by atoms with Crippen LogP contribution in [0.4, 0.5) is 4.39 Å². The molecule has 22 heavy (non-hydrogen) atoms. The van der Waals surface area contributed by atoms with Crippen LogP contribution in [0.25, 0.3) is 0 Å². The predicted octanol–water partition coefficient (Wildman–Crippen LogP) is 1.67. The van der Waals surface area contributed by atoms with E-state index in [1.165, 1.54) is 4.90 Å². The van der Waals surface area contributed by atoms with E-state index in [1.807, 2.05) is 19.1 Å². The molecule has 1 aromatic carbocycles. The summed E-state index contributed by atoms with van der Waals surface area (Å²) in [5, 5.41) is 2.90. The Morgan fingerprint density at radius 3 is 2.55 bits per heavy atom. The van der Waals surface area contributed by atoms with Gasteiger partial charge in [-0.25, -0.2) is 4.39 Å². The van der Waals surface area contributed by atoms with Crippen molar-refractivity contribution in [3.63, 3.8) is 0 Å². The maximum absolute atomic E-state index is 14.5. The number of hydrogen-bond acceptors (Lipinski definition) is 4. The molecule has 0 radical (unpaired) electrons. The molecular weight excluding hydrogens is 287 g/mol. The number of rotatable bonds is 5. The summed E-state index contributed by atoms with van der Waals surface area (Å²) in [4.78, 5) is 13.7. The van der Waals surface area contributed by atoms with E-state index in [9.17, 15) is 9.18 Å². The molecule has 2 rings (SSSR count). The van der Waals surface area contributed by atoms with Crippen molar-refractivity contribution in [1.82, 2.24) is 10.2 Å². The first-order valence-corrected chi connectivity index (χ1v) is 7.28. The van der Waals surface area contributed by atoms with Gasteiger partial charge in [0.25, 0.3) is 5.91 Å². The minimum atomic E-state index is -1.79. The van der Waals surface area contributed by atoms with Gasteiger partial charge in [-0.05, 0) is 36.7 Å². The molecule has 1 aromatic rings. The quantitative estimate of drug-likeness (QED) is 0.899. The summed E-state index contributed by atoms with van der Waals surface area (Å²) in [5.74, 6) is 0.757. The normalized spacial score (nSPS) is 20.8. The van der Waals surface area contributed by atoms with Crippen LogP contribution in [-0.2, 0) is 11.3 Å². The second-order valence-corrected chi connectivity index (χ2v) is 5.69. The van der Waals surface area contributed by atoms with Gasteiger partial charge in [0.2, 0.25) is 5.67 Å². The molecule has 1 atom stereocenters. The summed E-state index contributed by atoms with van der Waals surface area (Å²) in [6.07, 6.45) is 0.223. The van der Waals surface area contributed by atoms with E-state index in [0.29, 0.717) is 24.6 Å². The van der Waals surface area contributed by atoms with Crippen LogP contribution < -0.4 is 14.8 Å². The number of aryl methyl sites for hydroxylation is 1. The van der Waals surface area contributed by atoms with Gasteiger partial charge < -0.3 is 19.7 Å². The van der Waals surface area contributed by atoms with Gasteiger partial charge in [-0.2, -0.15) is 0 Å². The smallest absolute Gasteiger partial charge is 0.261 e. The summed E-state index contributed by atoms with van der Waals surface area (Å²) in [6.45, 7) is 2.88. The van der Waals surface area contributed by atoms with Crippen LogP contribution in [0.1, 0.15) is 17.5 Å². The van der Waals surface area contributed by atoms with Crippen LogP contribution in [0.5, 0.6) is 11.5 Å². The van der Waals surface area contributed by atoms with Crippen LogP contribution in [0.15, 0.2) is 12.1 Å². The first-order chi connectivity index (χ1) is 10.4. The van der Waals surface area contributed by atoms with Crippen molar-refractivity contribution in [3.05, 3.63) is 23.3 Å². The number of nitrogens with one attached hydrogen (secondary N) is 1. The number of halogens is 1. The summed E-state index contributed by atoms with van der Waals surface area (Å²) in [5.41, 5.74) is 0.0805. The van der Waals surface area contributed by atoms with Crippen molar-refractivity contribution < 1.29 is 18.7 Å². The van der Waals surface area contributed by atoms with Crippen LogP contribution in [-0.4, -0.2) is 50.8 Å². The maximum atomic E-state index is 14.5. The van der Waals surface area contributed by atoms with E-state index in [4.69, 9.17) is 9.47 Å². The van der Waals surface area contributed by atoms with Crippen LogP contribution >= 0.6 is 0 Å². The average Bonchev–Trinajstić information content (AvgIpc) is 2.95. The number of amides is 1. The number of carbonyl (C=O) groups is 1. The zero-order valence-corrected chi connectivity index (χ0v) is 13.5. The van der Waals surface area contributed by atoms with Gasteiger partial charge in [0.05, 0.1) is 14.2 Å². The second kappa shape index (κ2) is 6.52. The van der Waals surface area contributed by atoms with E-state index < -0.39 is 11.6 Å². The highest BCUT2D eigenvalue weighted by Gasteiger charge is 2.43. The zero-order valence-electron chi connectivity index (χ0n) is 13.5. The maximum Gasteiger partial charge on any atom is 0.261 e. The lowest BCUT2D eigenvalue weighted by atomic mass is 10.0. The molecule has 5 nitrogen and oxygen atoms in total. The molecule has 1 aliphatic heterocycles. The Kier molecular flexibility index (Phi) is 4.90. The van der Waals surface area contributed by atoms with Crippen molar-refractivity contribution in [2.45, 2.75) is 25.6 Å². The minimum absolute atomic E-state index is 0.0844. The Morgan fingerprint density at radius 1 is 1.36 bits per heavy atom. The SMILES string of the molecule is COc1cc(C)c(CN(C)C(=O)[C@]2(F)CCNC2)cc1OC. The summed E-state index contributed by atoms with van der Waals surface area (Å²) < 4.78 is 25.1. The van der Waals surface area contributed by atoms with Crippen molar-refractivity contribution in [1.29, 1.82) is 0 Å². The lowest BCUT2D eigenvalue weighted by Gasteiger charge is -2.26. The number of carbonyl (C=O) groups excluding carboxylic acids is 1. The fourth-order valence-corrected chi connectivity index (χ4v) is 2.71. The van der Waals surface area contributed by atoms with E-state index in [0.717, 1.165) is 11.1 Å². The van der Waals surface area contributed by atoms with Gasteiger partial charge >= 0.3 is 0 Å². The minimum Gasteiger partial charge on any atom is -0.493 e. The van der Waals surface area contributed by atoms with Crippen LogP contribution in [0.2, 0.25) is 0 Å². The van der Waals surface area contributed by atoms with E-state index in [-0.39, 0.29) is 13.0 Å². The number of ether oxygens (including phenoxy) is 2. The lowest BCUT2D eigenvalue weighted by Crippen LogP contribution is -2.45. The van der Waals surface area contributed by atoms with Gasteiger partial charge in [0.15, 0.2) is 11.5 Å². The largest absolute Gasteiger partial charge is 0.493 e. The Bertz CT molecular complexity index is 557. The van der Waals surface area contributed by atoms with Crippen LogP contribution in [0, 0.1) is 6.92 Å². The number of nitrogens with zero attached hydrogens (tertiary/aromatic N) is 1. The highest BCUT2D eigenvalue weighted by Crippen LogP contribution is 2.31. The summed E-state index contributed by atoms with van der Waals surface area (Å²) in [7, 11) is 4.76. The zero-order chi connectivity index (χ0) is 16.3. The molecule has 0 saturated carbocycles. The molecule has 0 bridgehead atoms. The molecule has 122 valence electrons. The molecule has 1 heterocycles. The molecule has 1 amide bonds. The Hall–Kier alpha value is -1.82. The number of benzene rings is 1. The van der Waals surface area contributed by atoms with Crippen molar-refractivity contribution in [2.75, 3.05) is 34.4 Å². The van der Waals surface area contributed by atoms with Gasteiger partial charge in [-0.15, -0.1) is 0 Å². The molecule has 0 aromatic heterocycles. The third-order valence-electron chi connectivity index (χ3n) is 4.08. The van der Waals surface area contributed by atoms with Crippen molar-refractivity contribution in [3.8, 4) is 11.5 Å². The summed E-state index contributed by atoms with van der Waals surface area (Å²) in [6, 6.07) is 3.69. The molecule has 6 heteroatoms. The lowest BCUT2D eigenvalue weighted by molar-refractivity contribution is -0.142. The highest BCUT2D eigenvalue weighted by molar-refractivity contribution is 5.85. The molecular formula is C16H23FN2O3. The number of methoxy groups -OCH3 is 2. The fraction of sp³-hybridized carbons (Fsp3) is 0.562. The van der Waals surface area contributed by atoms with E-state index in [2.05, 4.69) is 5.32 Å². The van der Waals surface area contributed by atoms with Crippen molar-refractivity contribution in [2.24, 2.45) is 0 Å². The van der Waals surface area contributed by atoms with Crippen molar-refractivity contribution >= 4 is 5.91 Å². The molecule has 1 N–H and O–H groups in total. The topological polar surface area (TPSA) is 50.8 Å². The number of alkyl halides is 1. The van der Waals surface area contributed by atoms with E-state index >= 15 is 0 Å². The third-order valence-corrected chi connectivity index (χ3v) is 4.08. The van der Waals surface area contributed by atoms with Gasteiger partial charge in [0.1, 0.15) is 0 Å². The Labute approximate surface area is 130 Å². The van der Waals surface area contributed by atoms with Crippen LogP contribution in [0.3, 0.4) is 0 Å². The molecule has 1 aliphatic rings. The van der Waals surface area contributed by atoms with Gasteiger partial charge in [-0.3, -0.25) is 4.79 Å². The standard InChI is InChI=1S/C16H23FN2O3/c1-11-7-13(21-3)14(22-4)8-12(11)9-19(2)15(20)16(17)5-6-18-10-16/h7-8,18H,5-6,9-10H2,1-4H3/t16-/m0/s1. The highest BCUT2D eigenvalue weighted by atomic mass is 19.1. The molecule has 0 unspecified atom stereocenters. The predicted molar refractivity (Wildman–Crippen MR) is 82.1 cm³/mol. The first kappa shape index (κ1) is 16.5. The molecule has 1 fully saturated rings. The van der Waals surface area contributed by atoms with Gasteiger partial charge in [-0.1, -0.05) is 0 Å². The molecule has 1 saturated heterocycles. The number of hydrogen-bond donors (Lipinski definition) is 1. The second-order valence-electron chi connectivity index (χ2n) is 5.69. The Balaban J connectivity index is 2.17. The first-order valence-electron chi connectivity index (χ1n) is 7.28. The average molecular weight is 310 g/mol.